The zero-order chi connectivity index (χ0) is 102. The van der Waals surface area contributed by atoms with Gasteiger partial charge in [-0.2, -0.15) is 0 Å². The standard InChI is InChI=1S/C75H118N14O46/c1-26(94)2-3-27(76)62(118)80-28(4-13-41(95)96)63(119)81-29(5-14-42(97)98)64(120)82-30(6-15-43(99)100)65(121)83-31(7-16-44(101)102)66(122)84-32(8-17-45(103)104)67(123)85-33(9-18-46(105)106)68(124)86-34(10-19-47(107)108)69(125)87-35(11-20-48(109)110)70(126)88-36(12-21-49(111)112)71(127)89-53-58(117)61(38(23-91)129-72(53)128)135-75-52(79)57(116)60(40(25-93)132-75)134-74-51(78)56(115)59(39(24-92)131-74)133-73-50(77)55(114)54(113)37(22-90)130-73/h27-40,50-61,72-75,90-93,113-117,128H,2-25,76-79H2,1H3,(H,80,118)(H,81,119)(H,82,120)(H,83,121)(H,84,122)(H,85,123)(H,86,124)(H,87,125)(H,88,126)(H,89,127)(H,95,96)(H,97,98)(H,99,100)(H,101,102)(H,103,104)(H,105,106)(H,107,108)(H,109,110)(H,111,112)/t27-,28-,29-,30-,31-,32-,33-,34-,35-,36-,37?,38?,39?,40?,50?,51?,52?,53?,54+,55?,56+,57?,58+,59+,60+,61+,72+,73-,74-,75-/m0/s1. The second-order valence-electron chi connectivity index (χ2n) is 31.7. The molecule has 0 radical (unpaired) electrons. The van der Waals surface area contributed by atoms with Crippen LogP contribution in [0.1, 0.15) is 135 Å². The van der Waals surface area contributed by atoms with E-state index in [0.29, 0.717) is 0 Å². The predicted octanol–water partition coefficient (Wildman–Crippen LogP) is -15.9. The Labute approximate surface area is 763 Å². The van der Waals surface area contributed by atoms with Gasteiger partial charge < -0.3 is 211 Å². The number of aliphatic hydroxyl groups excluding tert-OH is 10. The summed E-state index contributed by atoms with van der Waals surface area (Å²) in [6.07, 6.45) is -48.0. The van der Waals surface area contributed by atoms with Crippen LogP contribution in [0.25, 0.3) is 0 Å². The van der Waals surface area contributed by atoms with Crippen LogP contribution in [0.2, 0.25) is 0 Å². The molecule has 4 fully saturated rings. The molecule has 4 heterocycles. The maximum Gasteiger partial charge on any atom is 0.303 e. The summed E-state index contributed by atoms with van der Waals surface area (Å²) >= 11 is 0. The van der Waals surface area contributed by atoms with Crippen molar-refractivity contribution in [3.63, 3.8) is 0 Å². The summed E-state index contributed by atoms with van der Waals surface area (Å²) in [7, 11) is 0. The Bertz CT molecular complexity index is 4100. The van der Waals surface area contributed by atoms with Gasteiger partial charge in [-0.25, -0.2) is 0 Å². The SMILES string of the molecule is CC(=O)CC[C@H](N)C(=O)N[C@@H](CCC(=O)O)C(=O)N[C@@H](CCC(=O)O)C(=O)N[C@@H](CCC(=O)O)C(=O)N[C@@H](CCC(=O)O)C(=O)N[C@@H](CCC(=O)O)C(=O)N[C@@H](CCC(=O)O)C(=O)N[C@@H](CCC(=O)O)C(=O)N[C@@H](CCC(=O)O)C(=O)N[C@@H](CCC(=O)O)C(=O)NC1[C@H](O)OC(CO)[C@@H](O[C@@H]2OC(CO)[C@@H](O[C@@H]3OC(CO)[C@@H](O[C@@H]4OC(CO)[C@@H](O)C(O)C4N)[C@H](O)C3N)C(O)C2N)[C@@H]1O. The highest BCUT2D eigenvalue weighted by Gasteiger charge is 2.56. The quantitative estimate of drug-likeness (QED) is 0.0269. The first-order valence-electron chi connectivity index (χ1n) is 41.9. The number of ketones is 1. The average Bonchev–Trinajstić information content (AvgIpc) is 0.771. The third-order valence-electron chi connectivity index (χ3n) is 21.4. The maximum absolute atomic E-state index is 14.4. The lowest BCUT2D eigenvalue weighted by atomic mass is 9.94. The molecule has 30 atom stereocenters. The maximum atomic E-state index is 14.4. The number of carbonyl (C=O) groups is 20. The van der Waals surface area contributed by atoms with Gasteiger partial charge in [0.2, 0.25) is 59.1 Å². The summed E-state index contributed by atoms with van der Waals surface area (Å²) in [5.41, 5.74) is 24.5. The number of nitrogens with two attached hydrogens (primary N) is 4. The zero-order valence-corrected chi connectivity index (χ0v) is 72.1. The summed E-state index contributed by atoms with van der Waals surface area (Å²) < 4.78 is 40.0. The lowest BCUT2D eigenvalue weighted by Gasteiger charge is -2.49. The minimum absolute atomic E-state index is 0.214. The van der Waals surface area contributed by atoms with Crippen LogP contribution in [-0.2, 0) is 129 Å². The van der Waals surface area contributed by atoms with Crippen LogP contribution < -0.4 is 76.1 Å². The van der Waals surface area contributed by atoms with Crippen molar-refractivity contribution in [1.29, 1.82) is 0 Å². The van der Waals surface area contributed by atoms with Crippen LogP contribution >= 0.6 is 0 Å². The lowest BCUT2D eigenvalue weighted by Crippen LogP contribution is -2.70. The number of hydrogen-bond acceptors (Lipinski definition) is 41. The Morgan fingerprint density at radius 3 is 0.711 bits per heavy atom. The van der Waals surface area contributed by atoms with Gasteiger partial charge in [0.25, 0.3) is 0 Å². The number of aliphatic hydroxyl groups is 10. The van der Waals surface area contributed by atoms with E-state index < -0.39 is 444 Å². The third-order valence-corrected chi connectivity index (χ3v) is 21.4. The van der Waals surface area contributed by atoms with E-state index in [-0.39, 0.29) is 12.8 Å². The van der Waals surface area contributed by atoms with Crippen LogP contribution in [0.4, 0.5) is 0 Å². The first kappa shape index (κ1) is 116. The number of carbonyl (C=O) groups excluding carboxylic acids is 11. The number of amides is 10. The van der Waals surface area contributed by atoms with E-state index in [1.807, 2.05) is 26.6 Å². The Kier molecular flexibility index (Phi) is 48.4. The number of Topliss-reactive ketones (excluding diaryl/α,β-unsaturated/α-hetero) is 1. The van der Waals surface area contributed by atoms with Gasteiger partial charge in [0.1, 0.15) is 139 Å². The topological polar surface area (TPSA) is 1010 Å². The fourth-order valence-electron chi connectivity index (χ4n) is 13.9. The van der Waals surface area contributed by atoms with E-state index in [0.717, 1.165) is 0 Å². The Morgan fingerprint density at radius 1 is 0.274 bits per heavy atom. The number of carboxylic acid groups (broad SMARTS) is 9. The first-order chi connectivity index (χ1) is 63.3. The van der Waals surface area contributed by atoms with Crippen molar-refractivity contribution in [3.05, 3.63) is 0 Å². The molecule has 10 unspecified atom stereocenters. The molecular weight excluding hydrogens is 1830 g/mol. The van der Waals surface area contributed by atoms with Crippen molar-refractivity contribution < 1.29 is 226 Å². The Morgan fingerprint density at radius 2 is 0.481 bits per heavy atom. The highest BCUT2D eigenvalue weighted by atomic mass is 16.8. The minimum Gasteiger partial charge on any atom is -0.481 e. The number of hydrogen-bond donors (Lipinski definition) is 33. The normalized spacial score (nSPS) is 27.1. The molecule has 0 aromatic rings. The second-order valence-corrected chi connectivity index (χ2v) is 31.7. The largest absolute Gasteiger partial charge is 0.481 e. The smallest absolute Gasteiger partial charge is 0.303 e. The van der Waals surface area contributed by atoms with Gasteiger partial charge in [-0.05, 0) is 71.1 Å². The highest BCUT2D eigenvalue weighted by molar-refractivity contribution is 6.00. The van der Waals surface area contributed by atoms with Gasteiger partial charge in [-0.1, -0.05) is 0 Å². The van der Waals surface area contributed by atoms with Crippen LogP contribution in [0.3, 0.4) is 0 Å². The Hall–Kier alpha value is -11.2. The van der Waals surface area contributed by atoms with Crippen molar-refractivity contribution >= 4 is 119 Å². The number of nitrogens with one attached hydrogen (secondary N) is 10. The first-order valence-corrected chi connectivity index (χ1v) is 41.9. The van der Waals surface area contributed by atoms with Gasteiger partial charge >= 0.3 is 53.7 Å². The molecule has 4 aliphatic heterocycles. The molecule has 60 heteroatoms. The zero-order valence-electron chi connectivity index (χ0n) is 72.1. The molecule has 4 rings (SSSR count). The van der Waals surface area contributed by atoms with Crippen molar-refractivity contribution in [1.82, 2.24) is 53.2 Å². The van der Waals surface area contributed by atoms with Crippen molar-refractivity contribution in [3.8, 4) is 0 Å². The lowest BCUT2D eigenvalue weighted by molar-refractivity contribution is -0.359. The minimum atomic E-state index is -2.39. The number of rotatable bonds is 60. The van der Waals surface area contributed by atoms with Crippen LogP contribution in [0.5, 0.6) is 0 Å². The third kappa shape index (κ3) is 37.4. The molecule has 37 N–H and O–H groups in total. The summed E-state index contributed by atoms with van der Waals surface area (Å²) in [5, 5.41) is 216. The van der Waals surface area contributed by atoms with E-state index >= 15 is 0 Å². The van der Waals surface area contributed by atoms with E-state index in [1.165, 1.54) is 6.92 Å². The van der Waals surface area contributed by atoms with Crippen molar-refractivity contribution in [2.45, 2.75) is 318 Å². The number of carboxylic acids is 9. The highest BCUT2D eigenvalue weighted by Crippen LogP contribution is 2.34. The fourth-order valence-corrected chi connectivity index (χ4v) is 13.9. The van der Waals surface area contributed by atoms with E-state index in [2.05, 4.69) is 26.6 Å². The van der Waals surface area contributed by atoms with Crippen molar-refractivity contribution in [2.75, 3.05) is 26.4 Å². The molecule has 135 heavy (non-hydrogen) atoms. The molecule has 764 valence electrons. The molecule has 0 spiro atoms. The fraction of sp³-hybridized carbons (Fsp3) is 0.733. The molecule has 0 aromatic carbocycles. The summed E-state index contributed by atoms with van der Waals surface area (Å²) in [5.74, 6) is -30.5. The van der Waals surface area contributed by atoms with E-state index in [9.17, 15) is 193 Å². The number of aliphatic carboxylic acids is 9. The van der Waals surface area contributed by atoms with E-state index in [1.54, 1.807) is 0 Å². The van der Waals surface area contributed by atoms with Gasteiger partial charge in [0.05, 0.1) is 50.6 Å². The van der Waals surface area contributed by atoms with Gasteiger partial charge in [0.15, 0.2) is 25.2 Å². The van der Waals surface area contributed by atoms with Crippen molar-refractivity contribution in [2.24, 2.45) is 22.9 Å². The second kappa shape index (κ2) is 56.3. The average molecular weight is 1950 g/mol. The molecular formula is C75H118N14O46. The molecule has 0 aromatic heterocycles. The molecule has 0 bridgehead atoms. The van der Waals surface area contributed by atoms with Crippen LogP contribution in [-0.4, -0.2) is 425 Å². The van der Waals surface area contributed by atoms with E-state index in [4.69, 9.17) is 56.1 Å². The summed E-state index contributed by atoms with van der Waals surface area (Å²) in [4.78, 5) is 260. The molecule has 60 nitrogen and oxygen atoms in total. The Balaban J connectivity index is 1.61. The summed E-state index contributed by atoms with van der Waals surface area (Å²) in [6, 6.07) is -28.3. The molecule has 0 aliphatic carbocycles. The number of ether oxygens (including phenoxy) is 7. The molecule has 10 amide bonds. The van der Waals surface area contributed by atoms with Gasteiger partial charge in [0, 0.05) is 64.2 Å². The van der Waals surface area contributed by atoms with Crippen LogP contribution in [0, 0.1) is 0 Å². The van der Waals surface area contributed by atoms with Gasteiger partial charge in [-0.15, -0.1) is 0 Å². The monoisotopic (exact) mass is 1950 g/mol. The molecule has 4 saturated heterocycles. The molecule has 0 saturated carbocycles. The van der Waals surface area contributed by atoms with Gasteiger partial charge in [-0.3, -0.25) is 91.1 Å². The predicted molar refractivity (Wildman–Crippen MR) is 433 cm³/mol. The summed E-state index contributed by atoms with van der Waals surface area (Å²) in [6.45, 7) is -2.86. The van der Waals surface area contributed by atoms with Crippen LogP contribution in [0.15, 0.2) is 0 Å². The molecule has 4 aliphatic rings.